The highest BCUT2D eigenvalue weighted by Crippen LogP contribution is 2.28. The molecule has 0 spiro atoms. The van der Waals surface area contributed by atoms with Crippen LogP contribution < -0.4 is 4.90 Å². The van der Waals surface area contributed by atoms with Gasteiger partial charge in [-0.05, 0) is 25.3 Å². The van der Waals surface area contributed by atoms with Crippen LogP contribution in [0.15, 0.2) is 18.6 Å². The molecule has 1 aliphatic rings. The van der Waals surface area contributed by atoms with Crippen molar-refractivity contribution in [3.63, 3.8) is 0 Å². The predicted octanol–water partition coefficient (Wildman–Crippen LogP) is 1.61. The minimum absolute atomic E-state index is 0.0135. The second-order valence-corrected chi connectivity index (χ2v) is 6.60. The third-order valence-corrected chi connectivity index (χ3v) is 4.84. The van der Waals surface area contributed by atoms with E-state index in [0.29, 0.717) is 19.0 Å². The van der Waals surface area contributed by atoms with Crippen molar-refractivity contribution >= 4 is 28.5 Å². The number of carbonyl (C=O) groups is 2. The maximum atomic E-state index is 12.2. The first-order valence-electron chi connectivity index (χ1n) is 8.25. The molecule has 1 N–H and O–H groups in total. The zero-order valence-electron chi connectivity index (χ0n) is 14.3. The number of Topliss-reactive ketones (excluding diaryl/α,β-unsaturated/α-hetero) is 1. The Morgan fingerprint density at radius 3 is 2.96 bits per heavy atom. The summed E-state index contributed by atoms with van der Waals surface area (Å²) in [6.45, 7) is 4.97. The highest BCUT2D eigenvalue weighted by molar-refractivity contribution is 5.96. The van der Waals surface area contributed by atoms with Crippen molar-refractivity contribution in [2.75, 3.05) is 25.0 Å². The first-order chi connectivity index (χ1) is 11.5. The standard InChI is InChI=1S/C17H23N5O2/c1-11-5-7-22(15(24)8-12(2)23)9-14(11)21(3)17-13-4-6-18-16(13)19-10-20-17/h4,6,10-11,14H,5,7-9H2,1-3H3,(H,18,19,20)/t11-,14+/m1/s1. The Bertz CT molecular complexity index is 756. The molecule has 128 valence electrons. The number of likely N-dealkylation sites (N-methyl/N-ethyl adjacent to an activating group) is 1. The van der Waals surface area contributed by atoms with Gasteiger partial charge in [0.1, 0.15) is 23.6 Å². The SMILES string of the molecule is CC(=O)CC(=O)N1CC[C@@H](C)[C@@H](N(C)c2ncnc3[nH]ccc23)C1. The normalized spacial score (nSPS) is 21.0. The lowest BCUT2D eigenvalue weighted by molar-refractivity contribution is -0.136. The van der Waals surface area contributed by atoms with Gasteiger partial charge in [-0.15, -0.1) is 0 Å². The average Bonchev–Trinajstić information content (AvgIpc) is 3.02. The summed E-state index contributed by atoms with van der Waals surface area (Å²) >= 11 is 0. The largest absolute Gasteiger partial charge is 0.354 e. The molecule has 3 rings (SSSR count). The molecule has 1 aliphatic heterocycles. The summed E-state index contributed by atoms with van der Waals surface area (Å²) in [6, 6.07) is 2.12. The number of anilines is 1. The number of piperidine rings is 1. The number of hydrogen-bond acceptors (Lipinski definition) is 5. The van der Waals surface area contributed by atoms with Gasteiger partial charge in [0.2, 0.25) is 5.91 Å². The Labute approximate surface area is 141 Å². The van der Waals surface area contributed by atoms with Gasteiger partial charge in [0.25, 0.3) is 0 Å². The average molecular weight is 329 g/mol. The number of H-pyrrole nitrogens is 1. The van der Waals surface area contributed by atoms with Gasteiger partial charge in [-0.25, -0.2) is 9.97 Å². The molecule has 1 saturated heterocycles. The number of amides is 1. The van der Waals surface area contributed by atoms with Crippen molar-refractivity contribution in [2.45, 2.75) is 32.7 Å². The third-order valence-electron chi connectivity index (χ3n) is 4.84. The van der Waals surface area contributed by atoms with E-state index >= 15 is 0 Å². The van der Waals surface area contributed by atoms with Gasteiger partial charge in [0.05, 0.1) is 17.8 Å². The molecule has 2 aromatic rings. The van der Waals surface area contributed by atoms with Crippen LogP contribution in [0.2, 0.25) is 0 Å². The van der Waals surface area contributed by atoms with Gasteiger partial charge in [0, 0.05) is 26.3 Å². The molecule has 0 radical (unpaired) electrons. The van der Waals surface area contributed by atoms with E-state index in [-0.39, 0.29) is 24.2 Å². The second-order valence-electron chi connectivity index (χ2n) is 6.60. The molecule has 2 aromatic heterocycles. The van der Waals surface area contributed by atoms with Crippen LogP contribution in [0.25, 0.3) is 11.0 Å². The molecule has 7 nitrogen and oxygen atoms in total. The highest BCUT2D eigenvalue weighted by Gasteiger charge is 2.32. The smallest absolute Gasteiger partial charge is 0.230 e. The monoisotopic (exact) mass is 329 g/mol. The van der Waals surface area contributed by atoms with E-state index in [1.54, 1.807) is 11.2 Å². The van der Waals surface area contributed by atoms with E-state index in [4.69, 9.17) is 0 Å². The lowest BCUT2D eigenvalue weighted by Gasteiger charge is -2.42. The molecule has 2 atom stereocenters. The fraction of sp³-hybridized carbons (Fsp3) is 0.529. The zero-order valence-corrected chi connectivity index (χ0v) is 14.3. The Morgan fingerprint density at radius 2 is 2.21 bits per heavy atom. The zero-order chi connectivity index (χ0) is 17.3. The van der Waals surface area contributed by atoms with Crippen LogP contribution in [0, 0.1) is 5.92 Å². The van der Waals surface area contributed by atoms with Crippen LogP contribution in [0.4, 0.5) is 5.82 Å². The first-order valence-corrected chi connectivity index (χ1v) is 8.25. The van der Waals surface area contributed by atoms with Crippen molar-refractivity contribution in [2.24, 2.45) is 5.92 Å². The summed E-state index contributed by atoms with van der Waals surface area (Å²) in [6.07, 6.45) is 4.31. The van der Waals surface area contributed by atoms with Crippen LogP contribution >= 0.6 is 0 Å². The summed E-state index contributed by atoms with van der Waals surface area (Å²) in [5, 5.41) is 0.972. The highest BCUT2D eigenvalue weighted by atomic mass is 16.2. The molecule has 0 aromatic carbocycles. The summed E-state index contributed by atoms with van der Waals surface area (Å²) in [5.41, 5.74) is 0.805. The molecule has 0 bridgehead atoms. The van der Waals surface area contributed by atoms with Crippen LogP contribution in [0.3, 0.4) is 0 Å². The third kappa shape index (κ3) is 3.11. The predicted molar refractivity (Wildman–Crippen MR) is 91.7 cm³/mol. The van der Waals surface area contributed by atoms with Crippen molar-refractivity contribution in [3.05, 3.63) is 18.6 Å². The van der Waals surface area contributed by atoms with Crippen LogP contribution in [-0.2, 0) is 9.59 Å². The van der Waals surface area contributed by atoms with E-state index in [2.05, 4.69) is 26.8 Å². The van der Waals surface area contributed by atoms with Gasteiger partial charge in [-0.1, -0.05) is 6.92 Å². The molecular weight excluding hydrogens is 306 g/mol. The van der Waals surface area contributed by atoms with Gasteiger partial charge >= 0.3 is 0 Å². The number of carbonyl (C=O) groups excluding carboxylic acids is 2. The summed E-state index contributed by atoms with van der Waals surface area (Å²) < 4.78 is 0. The fourth-order valence-electron chi connectivity index (χ4n) is 3.40. The Kier molecular flexibility index (Phi) is 4.51. The number of hydrogen-bond donors (Lipinski definition) is 1. The van der Waals surface area contributed by atoms with E-state index in [1.165, 1.54) is 6.92 Å². The lowest BCUT2D eigenvalue weighted by Crippen LogP contribution is -2.53. The molecule has 0 aliphatic carbocycles. The Balaban J connectivity index is 1.82. The fourth-order valence-corrected chi connectivity index (χ4v) is 3.40. The molecule has 0 saturated carbocycles. The number of rotatable bonds is 4. The van der Waals surface area contributed by atoms with Crippen molar-refractivity contribution < 1.29 is 9.59 Å². The molecular formula is C17H23N5O2. The number of aromatic nitrogens is 3. The van der Waals surface area contributed by atoms with Gasteiger partial charge < -0.3 is 14.8 Å². The maximum absolute atomic E-state index is 12.2. The van der Waals surface area contributed by atoms with Gasteiger partial charge in [0.15, 0.2) is 0 Å². The van der Waals surface area contributed by atoms with E-state index in [0.717, 1.165) is 23.3 Å². The minimum atomic E-state index is -0.0895. The van der Waals surface area contributed by atoms with Crippen LogP contribution in [0.5, 0.6) is 0 Å². The summed E-state index contributed by atoms with van der Waals surface area (Å²) in [4.78, 5) is 39.2. The first kappa shape index (κ1) is 16.4. The number of likely N-dealkylation sites (tertiary alicyclic amines) is 1. The molecule has 1 amide bonds. The van der Waals surface area contributed by atoms with E-state index in [9.17, 15) is 9.59 Å². The van der Waals surface area contributed by atoms with Crippen LogP contribution in [-0.4, -0.2) is 57.7 Å². The number of nitrogens with zero attached hydrogens (tertiary/aromatic N) is 4. The second kappa shape index (κ2) is 6.59. The molecule has 1 fully saturated rings. The van der Waals surface area contributed by atoms with Crippen molar-refractivity contribution in [3.8, 4) is 0 Å². The topological polar surface area (TPSA) is 82.2 Å². The minimum Gasteiger partial charge on any atom is -0.354 e. The number of ketones is 1. The van der Waals surface area contributed by atoms with Crippen molar-refractivity contribution in [1.82, 2.24) is 19.9 Å². The van der Waals surface area contributed by atoms with Crippen LogP contribution in [0.1, 0.15) is 26.7 Å². The number of aromatic amines is 1. The van der Waals surface area contributed by atoms with Gasteiger partial charge in [-0.2, -0.15) is 0 Å². The summed E-state index contributed by atoms with van der Waals surface area (Å²) in [7, 11) is 2.01. The Hall–Kier alpha value is -2.44. The lowest BCUT2D eigenvalue weighted by atomic mass is 9.92. The number of fused-ring (bicyclic) bond motifs is 1. The molecule has 3 heterocycles. The van der Waals surface area contributed by atoms with Crippen molar-refractivity contribution in [1.29, 1.82) is 0 Å². The Morgan fingerprint density at radius 1 is 1.42 bits per heavy atom. The van der Waals surface area contributed by atoms with E-state index < -0.39 is 0 Å². The molecule has 0 unspecified atom stereocenters. The quantitative estimate of drug-likeness (QED) is 0.862. The van der Waals surface area contributed by atoms with Gasteiger partial charge in [-0.3, -0.25) is 9.59 Å². The van der Waals surface area contributed by atoms with E-state index in [1.807, 2.05) is 19.3 Å². The number of nitrogens with one attached hydrogen (secondary N) is 1. The molecule has 7 heteroatoms. The maximum Gasteiger partial charge on any atom is 0.230 e. The summed E-state index contributed by atoms with van der Waals surface area (Å²) in [5.74, 6) is 1.12. The molecule has 24 heavy (non-hydrogen) atoms.